The van der Waals surface area contributed by atoms with Crippen LogP contribution in [0.15, 0.2) is 40.9 Å². The van der Waals surface area contributed by atoms with Gasteiger partial charge in [-0.3, -0.25) is 5.32 Å². The summed E-state index contributed by atoms with van der Waals surface area (Å²) in [5, 5.41) is 16.0. The third kappa shape index (κ3) is 1.90. The van der Waals surface area contributed by atoms with E-state index in [4.69, 9.17) is 9.78 Å². The molecule has 1 aliphatic heterocycles. The van der Waals surface area contributed by atoms with E-state index in [0.717, 1.165) is 12.1 Å². The molecule has 1 aromatic carbocycles. The molecule has 2 aromatic rings. The molecule has 1 unspecified atom stereocenters. The predicted octanol–water partition coefficient (Wildman–Crippen LogP) is 1.81. The van der Waals surface area contributed by atoms with E-state index in [1.165, 1.54) is 0 Å². The topological polar surface area (TPSA) is 74.7 Å². The van der Waals surface area contributed by atoms with Crippen LogP contribution in [0.1, 0.15) is 17.5 Å². The second kappa shape index (κ2) is 4.43. The largest absolute Gasteiger partial charge is 0.337 e. The Bertz CT molecular complexity index is 638. The molecule has 0 aliphatic carbocycles. The van der Waals surface area contributed by atoms with Gasteiger partial charge in [-0.05, 0) is 12.1 Å². The smallest absolute Gasteiger partial charge is 0.248 e. The van der Waals surface area contributed by atoms with Gasteiger partial charge in [0.05, 0.1) is 11.6 Å². The van der Waals surface area contributed by atoms with Crippen LogP contribution in [-0.4, -0.2) is 16.7 Å². The summed E-state index contributed by atoms with van der Waals surface area (Å²) in [5.41, 5.74) is 1.36. The van der Waals surface area contributed by atoms with Gasteiger partial charge in [0, 0.05) is 12.1 Å². The first-order chi connectivity index (χ1) is 8.86. The van der Waals surface area contributed by atoms with Crippen molar-refractivity contribution in [1.29, 1.82) is 5.26 Å². The summed E-state index contributed by atoms with van der Waals surface area (Å²) in [5.74, 6) is 1.05. The molecule has 0 radical (unpaired) electrons. The van der Waals surface area contributed by atoms with E-state index >= 15 is 0 Å². The van der Waals surface area contributed by atoms with E-state index in [1.807, 2.05) is 18.2 Å². The fourth-order valence-electron chi connectivity index (χ4n) is 1.84. The summed E-state index contributed by atoms with van der Waals surface area (Å²) in [6.07, 6.45) is 4.01. The van der Waals surface area contributed by atoms with Gasteiger partial charge in [0.15, 0.2) is 0 Å². The van der Waals surface area contributed by atoms with Gasteiger partial charge in [-0.1, -0.05) is 29.4 Å². The lowest BCUT2D eigenvalue weighted by atomic mass is 10.1. The molecule has 0 saturated carbocycles. The van der Waals surface area contributed by atoms with Crippen LogP contribution in [0.3, 0.4) is 0 Å². The van der Waals surface area contributed by atoms with E-state index in [1.54, 1.807) is 18.2 Å². The fourth-order valence-corrected chi connectivity index (χ4v) is 1.84. The van der Waals surface area contributed by atoms with Crippen molar-refractivity contribution < 1.29 is 4.52 Å². The van der Waals surface area contributed by atoms with Crippen LogP contribution in [0.25, 0.3) is 11.4 Å². The molecule has 1 atom stereocenters. The Kier molecular flexibility index (Phi) is 2.63. The van der Waals surface area contributed by atoms with Gasteiger partial charge in [0.25, 0.3) is 0 Å². The average molecular weight is 238 g/mol. The molecule has 2 heterocycles. The lowest BCUT2D eigenvalue weighted by molar-refractivity contribution is 0.359. The average Bonchev–Trinajstić information content (AvgIpc) is 3.09. The number of nitriles is 1. The van der Waals surface area contributed by atoms with E-state index in [0.29, 0.717) is 17.3 Å². The van der Waals surface area contributed by atoms with Gasteiger partial charge in [0.2, 0.25) is 11.7 Å². The zero-order valence-corrected chi connectivity index (χ0v) is 9.50. The van der Waals surface area contributed by atoms with E-state index < -0.39 is 0 Å². The maximum atomic E-state index is 8.85. The Labute approximate surface area is 104 Å². The van der Waals surface area contributed by atoms with Crippen LogP contribution in [0.4, 0.5) is 0 Å². The van der Waals surface area contributed by atoms with Crippen LogP contribution < -0.4 is 5.32 Å². The minimum Gasteiger partial charge on any atom is -0.337 e. The number of benzene rings is 1. The number of hydrogen-bond donors (Lipinski definition) is 1. The minimum atomic E-state index is -0.00889. The molecule has 0 bridgehead atoms. The lowest BCUT2D eigenvalue weighted by Gasteiger charge is -2.00. The first-order valence-electron chi connectivity index (χ1n) is 5.61. The highest BCUT2D eigenvalue weighted by molar-refractivity contribution is 5.57. The maximum absolute atomic E-state index is 8.85. The molecule has 0 spiro atoms. The highest BCUT2D eigenvalue weighted by atomic mass is 16.5. The SMILES string of the molecule is N#Cc1cccc(-c2noc(C3C=CCN3)n2)c1. The first-order valence-corrected chi connectivity index (χ1v) is 5.61. The molecule has 18 heavy (non-hydrogen) atoms. The van der Waals surface area contributed by atoms with Crippen LogP contribution in [-0.2, 0) is 0 Å². The molecule has 3 rings (SSSR count). The van der Waals surface area contributed by atoms with Crippen molar-refractivity contribution in [2.75, 3.05) is 6.54 Å². The predicted molar refractivity (Wildman–Crippen MR) is 64.3 cm³/mol. The molecule has 5 nitrogen and oxygen atoms in total. The van der Waals surface area contributed by atoms with E-state index in [9.17, 15) is 0 Å². The minimum absolute atomic E-state index is 0.00889. The number of nitrogens with zero attached hydrogens (tertiary/aromatic N) is 3. The van der Waals surface area contributed by atoms with Gasteiger partial charge >= 0.3 is 0 Å². The fraction of sp³-hybridized carbons (Fsp3) is 0.154. The molecule has 88 valence electrons. The summed E-state index contributed by atoms with van der Waals surface area (Å²) in [6, 6.07) is 9.22. The summed E-state index contributed by atoms with van der Waals surface area (Å²) < 4.78 is 5.22. The molecule has 1 N–H and O–H groups in total. The van der Waals surface area contributed by atoms with Gasteiger partial charge < -0.3 is 4.52 Å². The molecule has 1 aliphatic rings. The summed E-state index contributed by atoms with van der Waals surface area (Å²) >= 11 is 0. The molecule has 5 heteroatoms. The third-order valence-corrected chi connectivity index (χ3v) is 2.74. The van der Waals surface area contributed by atoms with Crippen molar-refractivity contribution in [2.24, 2.45) is 0 Å². The first kappa shape index (κ1) is 10.7. The van der Waals surface area contributed by atoms with Crippen molar-refractivity contribution in [3.05, 3.63) is 47.9 Å². The number of hydrogen-bond acceptors (Lipinski definition) is 5. The second-order valence-corrected chi connectivity index (χ2v) is 3.96. The summed E-state index contributed by atoms with van der Waals surface area (Å²) in [6.45, 7) is 0.812. The van der Waals surface area contributed by atoms with Crippen LogP contribution >= 0.6 is 0 Å². The number of aromatic nitrogens is 2. The van der Waals surface area contributed by atoms with Crippen molar-refractivity contribution >= 4 is 0 Å². The highest BCUT2D eigenvalue weighted by Gasteiger charge is 2.18. The van der Waals surface area contributed by atoms with E-state index in [-0.39, 0.29) is 6.04 Å². The maximum Gasteiger partial charge on any atom is 0.248 e. The van der Waals surface area contributed by atoms with Crippen molar-refractivity contribution in [1.82, 2.24) is 15.5 Å². The molecule has 0 fully saturated rings. The quantitative estimate of drug-likeness (QED) is 0.807. The van der Waals surface area contributed by atoms with Gasteiger partial charge in [0.1, 0.15) is 6.04 Å². The van der Waals surface area contributed by atoms with Crippen LogP contribution in [0.5, 0.6) is 0 Å². The lowest BCUT2D eigenvalue weighted by Crippen LogP contribution is -2.13. The highest BCUT2D eigenvalue weighted by Crippen LogP contribution is 2.21. The van der Waals surface area contributed by atoms with Gasteiger partial charge in [-0.15, -0.1) is 0 Å². The molecular formula is C13H10N4O. The van der Waals surface area contributed by atoms with Crippen molar-refractivity contribution in [3.8, 4) is 17.5 Å². The van der Waals surface area contributed by atoms with Crippen LogP contribution in [0.2, 0.25) is 0 Å². The summed E-state index contributed by atoms with van der Waals surface area (Å²) in [7, 11) is 0. The van der Waals surface area contributed by atoms with E-state index in [2.05, 4.69) is 21.5 Å². The molecule has 0 amide bonds. The third-order valence-electron chi connectivity index (χ3n) is 2.74. The molecule has 0 saturated heterocycles. The molecule has 1 aromatic heterocycles. The molecular weight excluding hydrogens is 228 g/mol. The van der Waals surface area contributed by atoms with Crippen molar-refractivity contribution in [2.45, 2.75) is 6.04 Å². The Morgan fingerprint density at radius 1 is 1.44 bits per heavy atom. The van der Waals surface area contributed by atoms with Gasteiger partial charge in [-0.2, -0.15) is 10.2 Å². The van der Waals surface area contributed by atoms with Crippen LogP contribution in [0, 0.1) is 11.3 Å². The Morgan fingerprint density at radius 2 is 2.39 bits per heavy atom. The number of nitrogens with one attached hydrogen (secondary N) is 1. The monoisotopic (exact) mass is 238 g/mol. The summed E-state index contributed by atoms with van der Waals surface area (Å²) in [4.78, 5) is 4.34. The normalized spacial score (nSPS) is 17.8. The zero-order valence-electron chi connectivity index (χ0n) is 9.50. The van der Waals surface area contributed by atoms with Gasteiger partial charge in [-0.25, -0.2) is 0 Å². The second-order valence-electron chi connectivity index (χ2n) is 3.96. The Morgan fingerprint density at radius 3 is 3.17 bits per heavy atom. The number of rotatable bonds is 2. The standard InChI is InChI=1S/C13H10N4O/c14-8-9-3-1-4-10(7-9)12-16-13(18-17-12)11-5-2-6-15-11/h1-5,7,11,15H,6H2. The van der Waals surface area contributed by atoms with Crippen molar-refractivity contribution in [3.63, 3.8) is 0 Å². The Hall–Kier alpha value is -2.45. The Balaban J connectivity index is 1.92. The zero-order chi connectivity index (χ0) is 12.4.